The van der Waals surface area contributed by atoms with Crippen LogP contribution >= 0.6 is 15.9 Å². The van der Waals surface area contributed by atoms with Crippen LogP contribution in [0.2, 0.25) is 0 Å². The molecule has 0 aliphatic carbocycles. The molecule has 0 aromatic heterocycles. The van der Waals surface area contributed by atoms with Crippen molar-refractivity contribution < 1.29 is 18.0 Å². The van der Waals surface area contributed by atoms with E-state index < -0.39 is 28.5 Å². The van der Waals surface area contributed by atoms with Gasteiger partial charge < -0.3 is 10.2 Å². The number of anilines is 1. The first-order valence-corrected chi connectivity index (χ1v) is 13.8. The minimum absolute atomic E-state index is 0.0734. The highest BCUT2D eigenvalue weighted by atomic mass is 79.9. The van der Waals surface area contributed by atoms with Crippen LogP contribution in [-0.2, 0) is 26.2 Å². The molecule has 3 aromatic rings. The van der Waals surface area contributed by atoms with Crippen molar-refractivity contribution in [2.75, 3.05) is 17.9 Å². The van der Waals surface area contributed by atoms with Gasteiger partial charge in [-0.25, -0.2) is 8.42 Å². The Balaban J connectivity index is 2.04. The van der Waals surface area contributed by atoms with Gasteiger partial charge in [0.05, 0.1) is 10.6 Å². The van der Waals surface area contributed by atoms with Crippen molar-refractivity contribution in [3.05, 3.63) is 94.5 Å². The molecule has 190 valence electrons. The molecular formula is C27H30BrN3O4S. The first-order valence-electron chi connectivity index (χ1n) is 11.6. The summed E-state index contributed by atoms with van der Waals surface area (Å²) in [6.45, 7) is 3.49. The van der Waals surface area contributed by atoms with E-state index in [4.69, 9.17) is 0 Å². The third kappa shape index (κ3) is 6.53. The summed E-state index contributed by atoms with van der Waals surface area (Å²) in [5.41, 5.74) is 2.22. The highest BCUT2D eigenvalue weighted by Gasteiger charge is 2.33. The molecule has 0 fully saturated rings. The Morgan fingerprint density at radius 1 is 0.972 bits per heavy atom. The van der Waals surface area contributed by atoms with Gasteiger partial charge in [0.2, 0.25) is 11.8 Å². The first-order chi connectivity index (χ1) is 17.2. The van der Waals surface area contributed by atoms with Crippen molar-refractivity contribution in [2.45, 2.75) is 37.8 Å². The van der Waals surface area contributed by atoms with Crippen LogP contribution < -0.4 is 9.62 Å². The van der Waals surface area contributed by atoms with Gasteiger partial charge in [-0.3, -0.25) is 13.9 Å². The molecule has 0 bridgehead atoms. The SMILES string of the molecule is CC[C@@H](C(=O)NC)N(Cc1cccc(C)c1)C(=O)CN(c1ccc(Br)cc1)S(=O)(=O)c1ccccc1. The summed E-state index contributed by atoms with van der Waals surface area (Å²) < 4.78 is 29.2. The summed E-state index contributed by atoms with van der Waals surface area (Å²) in [6.07, 6.45) is 0.376. The second kappa shape index (κ2) is 12.2. The van der Waals surface area contributed by atoms with E-state index in [2.05, 4.69) is 21.2 Å². The molecule has 36 heavy (non-hydrogen) atoms. The average Bonchev–Trinajstić information content (AvgIpc) is 2.88. The fourth-order valence-electron chi connectivity index (χ4n) is 3.95. The Morgan fingerprint density at radius 3 is 2.22 bits per heavy atom. The number of benzene rings is 3. The molecule has 0 aliphatic heterocycles. The number of hydrogen-bond acceptors (Lipinski definition) is 4. The smallest absolute Gasteiger partial charge is 0.264 e. The van der Waals surface area contributed by atoms with E-state index >= 15 is 0 Å². The van der Waals surface area contributed by atoms with Crippen LogP contribution in [0.25, 0.3) is 0 Å². The summed E-state index contributed by atoms with van der Waals surface area (Å²) in [7, 11) is -2.54. The fraction of sp³-hybridized carbons (Fsp3) is 0.259. The van der Waals surface area contributed by atoms with Gasteiger partial charge in [-0.1, -0.05) is 70.9 Å². The van der Waals surface area contributed by atoms with Crippen molar-refractivity contribution in [1.82, 2.24) is 10.2 Å². The maximum Gasteiger partial charge on any atom is 0.264 e. The second-order valence-corrected chi connectivity index (χ2v) is 11.1. The zero-order valence-electron chi connectivity index (χ0n) is 20.5. The Morgan fingerprint density at radius 2 is 1.64 bits per heavy atom. The van der Waals surface area contributed by atoms with Gasteiger partial charge >= 0.3 is 0 Å². The maximum atomic E-state index is 13.8. The normalized spacial score (nSPS) is 12.0. The van der Waals surface area contributed by atoms with Crippen molar-refractivity contribution in [3.63, 3.8) is 0 Å². The zero-order chi connectivity index (χ0) is 26.3. The number of amides is 2. The summed E-state index contributed by atoms with van der Waals surface area (Å²) in [5.74, 6) is -0.783. The van der Waals surface area contributed by atoms with Crippen LogP contribution in [0, 0.1) is 6.92 Å². The number of carbonyl (C=O) groups excluding carboxylic acids is 2. The molecule has 0 unspecified atom stereocenters. The third-order valence-electron chi connectivity index (χ3n) is 5.79. The van der Waals surface area contributed by atoms with E-state index in [1.54, 1.807) is 42.5 Å². The lowest BCUT2D eigenvalue weighted by atomic mass is 10.1. The minimum Gasteiger partial charge on any atom is -0.357 e. The predicted molar refractivity (Wildman–Crippen MR) is 145 cm³/mol. The molecule has 0 saturated carbocycles. The Labute approximate surface area is 221 Å². The number of sulfonamides is 1. The molecule has 3 aromatic carbocycles. The third-order valence-corrected chi connectivity index (χ3v) is 8.11. The van der Waals surface area contributed by atoms with Gasteiger partial charge in [-0.05, 0) is 55.3 Å². The molecule has 1 N–H and O–H groups in total. The standard InChI is InChI=1S/C27H30BrN3O4S/c1-4-25(27(33)29-3)30(18-21-10-8-9-20(2)17-21)26(32)19-31(23-15-13-22(28)14-16-23)36(34,35)24-11-6-5-7-12-24/h5-17,25H,4,18-19H2,1-3H3,(H,29,33)/t25-/m0/s1. The van der Waals surface area contributed by atoms with Crippen molar-refractivity contribution >= 4 is 43.5 Å². The summed E-state index contributed by atoms with van der Waals surface area (Å²) in [6, 6.07) is 21.6. The number of likely N-dealkylation sites (N-methyl/N-ethyl adjacent to an activating group) is 1. The zero-order valence-corrected chi connectivity index (χ0v) is 22.9. The topological polar surface area (TPSA) is 86.8 Å². The lowest BCUT2D eigenvalue weighted by molar-refractivity contribution is -0.140. The molecule has 0 saturated heterocycles. The molecule has 0 aliphatic rings. The molecule has 2 amide bonds. The predicted octanol–water partition coefficient (Wildman–Crippen LogP) is 4.51. The van der Waals surface area contributed by atoms with Crippen LogP contribution in [0.5, 0.6) is 0 Å². The van der Waals surface area contributed by atoms with Crippen LogP contribution in [-0.4, -0.2) is 44.8 Å². The number of halogens is 1. The molecule has 0 heterocycles. The van der Waals surface area contributed by atoms with Crippen molar-refractivity contribution in [3.8, 4) is 0 Å². The molecule has 9 heteroatoms. The lowest BCUT2D eigenvalue weighted by Gasteiger charge is -2.33. The number of carbonyl (C=O) groups is 2. The van der Waals surface area contributed by atoms with Gasteiger partial charge in [0, 0.05) is 18.1 Å². The summed E-state index contributed by atoms with van der Waals surface area (Å²) in [4.78, 5) is 28.1. The fourth-order valence-corrected chi connectivity index (χ4v) is 5.65. The van der Waals surface area contributed by atoms with Crippen molar-refractivity contribution in [2.24, 2.45) is 0 Å². The van der Waals surface area contributed by atoms with Crippen LogP contribution in [0.4, 0.5) is 5.69 Å². The Kier molecular flexibility index (Phi) is 9.28. The Hall–Kier alpha value is -3.17. The highest BCUT2D eigenvalue weighted by Crippen LogP contribution is 2.26. The maximum absolute atomic E-state index is 13.8. The van der Waals surface area contributed by atoms with E-state index in [9.17, 15) is 18.0 Å². The molecule has 0 spiro atoms. The van der Waals surface area contributed by atoms with E-state index in [1.807, 2.05) is 38.1 Å². The highest BCUT2D eigenvalue weighted by molar-refractivity contribution is 9.10. The number of aryl methyl sites for hydroxylation is 1. The van der Waals surface area contributed by atoms with Gasteiger partial charge in [0.25, 0.3) is 10.0 Å². The van der Waals surface area contributed by atoms with Gasteiger partial charge in [-0.2, -0.15) is 0 Å². The van der Waals surface area contributed by atoms with Crippen LogP contribution in [0.3, 0.4) is 0 Å². The van der Waals surface area contributed by atoms with Crippen LogP contribution in [0.1, 0.15) is 24.5 Å². The van der Waals surface area contributed by atoms with Crippen LogP contribution in [0.15, 0.2) is 88.2 Å². The largest absolute Gasteiger partial charge is 0.357 e. The summed E-state index contributed by atoms with van der Waals surface area (Å²) in [5, 5.41) is 2.63. The molecule has 7 nitrogen and oxygen atoms in total. The molecule has 3 rings (SSSR count). The molecule has 1 atom stereocenters. The monoisotopic (exact) mass is 571 g/mol. The Bertz CT molecular complexity index is 1300. The van der Waals surface area contributed by atoms with E-state index in [0.29, 0.717) is 12.1 Å². The molecule has 0 radical (unpaired) electrons. The first kappa shape index (κ1) is 27.4. The van der Waals surface area contributed by atoms with E-state index in [1.165, 1.54) is 24.1 Å². The van der Waals surface area contributed by atoms with E-state index in [-0.39, 0.29) is 17.3 Å². The average molecular weight is 573 g/mol. The number of nitrogens with zero attached hydrogens (tertiary/aromatic N) is 2. The van der Waals surface area contributed by atoms with Gasteiger partial charge in [0.15, 0.2) is 0 Å². The van der Waals surface area contributed by atoms with Gasteiger partial charge in [-0.15, -0.1) is 0 Å². The quantitative estimate of drug-likeness (QED) is 0.388. The van der Waals surface area contributed by atoms with E-state index in [0.717, 1.165) is 19.9 Å². The number of nitrogens with one attached hydrogen (secondary N) is 1. The van der Waals surface area contributed by atoms with Gasteiger partial charge in [0.1, 0.15) is 12.6 Å². The number of rotatable bonds is 10. The molecular weight excluding hydrogens is 542 g/mol. The number of hydrogen-bond donors (Lipinski definition) is 1. The summed E-state index contributed by atoms with van der Waals surface area (Å²) >= 11 is 3.37. The van der Waals surface area contributed by atoms with Crippen molar-refractivity contribution in [1.29, 1.82) is 0 Å². The second-order valence-electron chi connectivity index (χ2n) is 8.35. The lowest BCUT2D eigenvalue weighted by Crippen LogP contribution is -2.51. The minimum atomic E-state index is -4.06.